The molecule has 1 amide bonds. The van der Waals surface area contributed by atoms with E-state index >= 15 is 0 Å². The highest BCUT2D eigenvalue weighted by Gasteiger charge is 2.23. The Labute approximate surface area is 134 Å². The molecule has 2 aromatic heterocycles. The molecule has 0 fully saturated rings. The van der Waals surface area contributed by atoms with Crippen LogP contribution in [0, 0.1) is 6.92 Å². The molecule has 3 heterocycles. The molecule has 0 bridgehead atoms. The molecule has 1 aromatic carbocycles. The number of hydrogen-bond acceptors (Lipinski definition) is 3. The van der Waals surface area contributed by atoms with E-state index in [0.29, 0.717) is 12.1 Å². The Hall–Kier alpha value is -2.75. The second-order valence-corrected chi connectivity index (χ2v) is 5.94. The normalized spacial score (nSPS) is 13.9. The monoisotopic (exact) mass is 303 g/mol. The van der Waals surface area contributed by atoms with Gasteiger partial charge in [0.1, 0.15) is 0 Å². The average Bonchev–Trinajstić information content (AvgIpc) is 2.60. The molecular weight excluding hydrogens is 286 g/mol. The Morgan fingerprint density at radius 1 is 1.17 bits per heavy atom. The van der Waals surface area contributed by atoms with Crippen LogP contribution in [0.1, 0.15) is 27.2 Å². The molecule has 0 radical (unpaired) electrons. The maximum absolute atomic E-state index is 12.9. The van der Waals surface area contributed by atoms with E-state index in [1.54, 1.807) is 12.4 Å². The summed E-state index contributed by atoms with van der Waals surface area (Å²) in [5, 5.41) is 0.902. The van der Waals surface area contributed by atoms with Gasteiger partial charge in [0.15, 0.2) is 0 Å². The summed E-state index contributed by atoms with van der Waals surface area (Å²) in [6.45, 7) is 3.31. The van der Waals surface area contributed by atoms with Crippen LogP contribution in [0.3, 0.4) is 0 Å². The van der Waals surface area contributed by atoms with Gasteiger partial charge >= 0.3 is 0 Å². The highest BCUT2D eigenvalue weighted by Crippen LogP contribution is 2.22. The Bertz CT molecular complexity index is 904. The first kappa shape index (κ1) is 13.9. The van der Waals surface area contributed by atoms with Gasteiger partial charge in [0, 0.05) is 30.9 Å². The summed E-state index contributed by atoms with van der Waals surface area (Å²) >= 11 is 0. The smallest absolute Gasteiger partial charge is 0.256 e. The predicted octanol–water partition coefficient (Wildman–Crippen LogP) is 3.14. The van der Waals surface area contributed by atoms with Gasteiger partial charge in [-0.15, -0.1) is 0 Å². The first-order valence-corrected chi connectivity index (χ1v) is 7.80. The van der Waals surface area contributed by atoms with Gasteiger partial charge in [-0.25, -0.2) is 0 Å². The van der Waals surface area contributed by atoms with Crippen LogP contribution in [0.25, 0.3) is 10.9 Å². The molecule has 0 saturated heterocycles. The van der Waals surface area contributed by atoms with Gasteiger partial charge in [0.25, 0.3) is 5.91 Å². The van der Waals surface area contributed by atoms with Gasteiger partial charge in [0.2, 0.25) is 0 Å². The third-order valence-corrected chi connectivity index (χ3v) is 4.45. The molecule has 0 spiro atoms. The number of amides is 1. The van der Waals surface area contributed by atoms with Gasteiger partial charge in [-0.1, -0.05) is 24.3 Å². The number of nitrogens with zero attached hydrogens (tertiary/aromatic N) is 3. The first-order chi connectivity index (χ1) is 11.2. The second-order valence-electron chi connectivity index (χ2n) is 5.94. The molecule has 114 valence electrons. The molecule has 4 rings (SSSR count). The highest BCUT2D eigenvalue weighted by atomic mass is 16.2. The van der Waals surface area contributed by atoms with Crippen molar-refractivity contribution >= 4 is 16.8 Å². The predicted molar refractivity (Wildman–Crippen MR) is 89.2 cm³/mol. The number of hydrogen-bond donors (Lipinski definition) is 0. The zero-order chi connectivity index (χ0) is 15.8. The fraction of sp³-hybridized carbons (Fsp3) is 0.211. The van der Waals surface area contributed by atoms with Gasteiger partial charge < -0.3 is 4.90 Å². The fourth-order valence-corrected chi connectivity index (χ4v) is 3.17. The van der Waals surface area contributed by atoms with Crippen LogP contribution in [0.5, 0.6) is 0 Å². The van der Waals surface area contributed by atoms with Crippen molar-refractivity contribution in [3.63, 3.8) is 0 Å². The molecule has 1 aliphatic heterocycles. The Morgan fingerprint density at radius 2 is 2.00 bits per heavy atom. The molecule has 3 aromatic rings. The maximum Gasteiger partial charge on any atom is 0.256 e. The maximum atomic E-state index is 12.9. The van der Waals surface area contributed by atoms with Crippen molar-refractivity contribution in [2.24, 2.45) is 0 Å². The number of benzene rings is 1. The van der Waals surface area contributed by atoms with Crippen molar-refractivity contribution in [2.45, 2.75) is 19.9 Å². The van der Waals surface area contributed by atoms with Crippen molar-refractivity contribution in [1.29, 1.82) is 0 Å². The molecule has 1 aliphatic rings. The number of rotatable bonds is 1. The molecule has 0 atom stereocenters. The number of fused-ring (bicyclic) bond motifs is 2. The Balaban J connectivity index is 1.69. The topological polar surface area (TPSA) is 46.1 Å². The van der Waals surface area contributed by atoms with Crippen LogP contribution in [0.2, 0.25) is 0 Å². The number of carbonyl (C=O) groups is 1. The molecule has 0 unspecified atom stereocenters. The minimum atomic E-state index is 0.0512. The minimum absolute atomic E-state index is 0.0512. The SMILES string of the molecule is Cc1nc2ccncc2cc1C(=O)N1CCc2ccccc2C1. The zero-order valence-corrected chi connectivity index (χ0v) is 13.0. The summed E-state index contributed by atoms with van der Waals surface area (Å²) in [6, 6.07) is 12.1. The lowest BCUT2D eigenvalue weighted by molar-refractivity contribution is 0.0733. The Morgan fingerprint density at radius 3 is 2.87 bits per heavy atom. The van der Waals surface area contributed by atoms with E-state index in [1.165, 1.54) is 11.1 Å². The van der Waals surface area contributed by atoms with Crippen LogP contribution < -0.4 is 0 Å². The van der Waals surface area contributed by atoms with Crippen molar-refractivity contribution in [2.75, 3.05) is 6.54 Å². The number of aryl methyl sites for hydroxylation is 1. The molecule has 4 nitrogen and oxygen atoms in total. The third kappa shape index (κ3) is 2.46. The standard InChI is InChI=1S/C19H17N3O/c1-13-17(10-16-11-20-8-6-18(16)21-13)19(23)22-9-7-14-4-2-3-5-15(14)12-22/h2-6,8,10-11H,7,9,12H2,1H3. The molecule has 0 saturated carbocycles. The van der Waals surface area contributed by atoms with Crippen molar-refractivity contribution < 1.29 is 4.79 Å². The number of pyridine rings is 2. The van der Waals surface area contributed by atoms with Gasteiger partial charge in [0.05, 0.1) is 16.8 Å². The van der Waals surface area contributed by atoms with Gasteiger partial charge in [-0.3, -0.25) is 14.8 Å². The van der Waals surface area contributed by atoms with E-state index in [1.807, 2.05) is 30.0 Å². The molecule has 0 aliphatic carbocycles. The molecule has 0 N–H and O–H groups in total. The van der Waals surface area contributed by atoms with Crippen molar-refractivity contribution in [1.82, 2.24) is 14.9 Å². The van der Waals surface area contributed by atoms with Crippen molar-refractivity contribution in [3.8, 4) is 0 Å². The summed E-state index contributed by atoms with van der Waals surface area (Å²) in [6.07, 6.45) is 4.38. The van der Waals surface area contributed by atoms with E-state index in [9.17, 15) is 4.79 Å². The van der Waals surface area contributed by atoms with E-state index in [2.05, 4.69) is 28.2 Å². The lowest BCUT2D eigenvalue weighted by atomic mass is 9.99. The minimum Gasteiger partial charge on any atom is -0.334 e. The summed E-state index contributed by atoms with van der Waals surface area (Å²) in [5.41, 5.74) is 4.89. The first-order valence-electron chi connectivity index (χ1n) is 7.80. The lowest BCUT2D eigenvalue weighted by Gasteiger charge is -2.29. The van der Waals surface area contributed by atoms with Crippen LogP contribution in [0.4, 0.5) is 0 Å². The third-order valence-electron chi connectivity index (χ3n) is 4.45. The Kier molecular flexibility index (Phi) is 3.30. The highest BCUT2D eigenvalue weighted by molar-refractivity contribution is 5.98. The van der Waals surface area contributed by atoms with Crippen LogP contribution in [0.15, 0.2) is 48.8 Å². The summed E-state index contributed by atoms with van der Waals surface area (Å²) in [4.78, 5) is 23.5. The molecule has 4 heteroatoms. The van der Waals surface area contributed by atoms with Crippen LogP contribution >= 0.6 is 0 Å². The van der Waals surface area contributed by atoms with E-state index < -0.39 is 0 Å². The average molecular weight is 303 g/mol. The molecule has 23 heavy (non-hydrogen) atoms. The zero-order valence-electron chi connectivity index (χ0n) is 13.0. The van der Waals surface area contributed by atoms with E-state index in [4.69, 9.17) is 0 Å². The van der Waals surface area contributed by atoms with E-state index in [0.717, 1.165) is 29.6 Å². The van der Waals surface area contributed by atoms with Crippen molar-refractivity contribution in [3.05, 3.63) is 71.2 Å². The largest absolute Gasteiger partial charge is 0.334 e. The number of carbonyl (C=O) groups excluding carboxylic acids is 1. The summed E-state index contributed by atoms with van der Waals surface area (Å²) < 4.78 is 0. The summed E-state index contributed by atoms with van der Waals surface area (Å²) in [5.74, 6) is 0.0512. The second kappa shape index (κ2) is 5.47. The summed E-state index contributed by atoms with van der Waals surface area (Å²) in [7, 11) is 0. The number of aromatic nitrogens is 2. The van der Waals surface area contributed by atoms with Crippen LogP contribution in [-0.4, -0.2) is 27.3 Å². The van der Waals surface area contributed by atoms with Crippen LogP contribution in [-0.2, 0) is 13.0 Å². The van der Waals surface area contributed by atoms with Gasteiger partial charge in [-0.05, 0) is 36.6 Å². The quantitative estimate of drug-likeness (QED) is 0.694. The lowest BCUT2D eigenvalue weighted by Crippen LogP contribution is -2.36. The van der Waals surface area contributed by atoms with E-state index in [-0.39, 0.29) is 5.91 Å². The fourth-order valence-electron chi connectivity index (χ4n) is 3.17. The molecular formula is C19H17N3O. The van der Waals surface area contributed by atoms with Gasteiger partial charge in [-0.2, -0.15) is 0 Å².